The van der Waals surface area contributed by atoms with Gasteiger partial charge in [0, 0.05) is 0 Å². The highest BCUT2D eigenvalue weighted by molar-refractivity contribution is 5.04. The van der Waals surface area contributed by atoms with Gasteiger partial charge in [-0.15, -0.1) is 6.58 Å². The first-order chi connectivity index (χ1) is 9.76. The Kier molecular flexibility index (Phi) is 10.4. The van der Waals surface area contributed by atoms with Gasteiger partial charge in [-0.3, -0.25) is 0 Å². The average Bonchev–Trinajstić information content (AvgIpc) is 2.38. The molecule has 0 aliphatic carbocycles. The minimum Gasteiger partial charge on any atom is -0.386 e. The number of rotatable bonds is 11. The van der Waals surface area contributed by atoms with Gasteiger partial charge in [-0.05, 0) is 65.2 Å². The van der Waals surface area contributed by atoms with Gasteiger partial charge in [0.1, 0.15) is 0 Å². The molecule has 0 fully saturated rings. The van der Waals surface area contributed by atoms with Crippen LogP contribution in [-0.2, 0) is 0 Å². The Morgan fingerprint density at radius 2 is 1.67 bits per heavy atom. The van der Waals surface area contributed by atoms with Crippen LogP contribution in [0.15, 0.2) is 36.0 Å². The summed E-state index contributed by atoms with van der Waals surface area (Å²) in [4.78, 5) is 0. The van der Waals surface area contributed by atoms with Crippen LogP contribution < -0.4 is 0 Å². The van der Waals surface area contributed by atoms with E-state index in [0.29, 0.717) is 0 Å². The van der Waals surface area contributed by atoms with E-state index in [9.17, 15) is 5.11 Å². The first-order valence-electron chi connectivity index (χ1n) is 8.44. The van der Waals surface area contributed by atoms with Crippen LogP contribution >= 0.6 is 0 Å². The van der Waals surface area contributed by atoms with E-state index >= 15 is 0 Å². The lowest BCUT2D eigenvalue weighted by Gasteiger charge is -2.16. The number of aliphatic hydroxyl groups is 1. The highest BCUT2D eigenvalue weighted by atomic mass is 16.3. The predicted octanol–water partition coefficient (Wildman–Crippen LogP) is 6.20. The molecule has 0 saturated carbocycles. The number of hydrogen-bond donors (Lipinski definition) is 1. The largest absolute Gasteiger partial charge is 0.386 e. The first kappa shape index (κ1) is 20.2. The summed E-state index contributed by atoms with van der Waals surface area (Å²) >= 11 is 0. The molecule has 0 aromatic rings. The van der Waals surface area contributed by atoms with Crippen molar-refractivity contribution >= 4 is 0 Å². The predicted molar refractivity (Wildman–Crippen MR) is 95.5 cm³/mol. The second-order valence-electron chi connectivity index (χ2n) is 7.03. The van der Waals surface area contributed by atoms with E-state index < -0.39 is 5.60 Å². The molecule has 0 spiro atoms. The standard InChI is InChI=1S/C20H36O/c1-7-20(6,21)16-10-15-19(5)14-9-13-18(4)12-8-11-17(2)3/h7,13,15,17,21H,1,8-12,14,16H2,2-6H3. The van der Waals surface area contributed by atoms with E-state index in [0.717, 1.165) is 31.6 Å². The van der Waals surface area contributed by atoms with Crippen LogP contribution in [0.4, 0.5) is 0 Å². The van der Waals surface area contributed by atoms with Crippen LogP contribution in [0.3, 0.4) is 0 Å². The molecule has 0 rings (SSSR count). The Labute approximate surface area is 132 Å². The summed E-state index contributed by atoms with van der Waals surface area (Å²) in [6.07, 6.45) is 14.1. The van der Waals surface area contributed by atoms with Gasteiger partial charge in [0.2, 0.25) is 0 Å². The summed E-state index contributed by atoms with van der Waals surface area (Å²) < 4.78 is 0. The van der Waals surface area contributed by atoms with Crippen LogP contribution in [0.25, 0.3) is 0 Å². The zero-order valence-electron chi connectivity index (χ0n) is 14.9. The third kappa shape index (κ3) is 12.6. The molecule has 0 bridgehead atoms. The molecule has 1 N–H and O–H groups in total. The second kappa shape index (κ2) is 10.8. The molecular weight excluding hydrogens is 256 g/mol. The molecule has 0 aromatic carbocycles. The third-order valence-electron chi connectivity index (χ3n) is 3.97. The summed E-state index contributed by atoms with van der Waals surface area (Å²) in [5, 5.41) is 9.85. The lowest BCUT2D eigenvalue weighted by Crippen LogP contribution is -2.19. The fourth-order valence-electron chi connectivity index (χ4n) is 2.25. The quantitative estimate of drug-likeness (QED) is 0.449. The van der Waals surface area contributed by atoms with E-state index in [4.69, 9.17) is 0 Å². The van der Waals surface area contributed by atoms with Gasteiger partial charge < -0.3 is 5.11 Å². The van der Waals surface area contributed by atoms with Crippen molar-refractivity contribution in [3.05, 3.63) is 36.0 Å². The molecule has 0 aromatic heterocycles. The van der Waals surface area contributed by atoms with Crippen molar-refractivity contribution in [3.63, 3.8) is 0 Å². The zero-order valence-corrected chi connectivity index (χ0v) is 14.9. The highest BCUT2D eigenvalue weighted by Gasteiger charge is 2.13. The zero-order chi connectivity index (χ0) is 16.3. The Hall–Kier alpha value is -0.820. The molecular formula is C20H36O. The van der Waals surface area contributed by atoms with Gasteiger partial charge in [-0.2, -0.15) is 0 Å². The molecule has 0 aliphatic heterocycles. The molecule has 21 heavy (non-hydrogen) atoms. The third-order valence-corrected chi connectivity index (χ3v) is 3.97. The summed E-state index contributed by atoms with van der Waals surface area (Å²) in [5.41, 5.74) is 2.21. The van der Waals surface area contributed by atoms with Crippen LogP contribution in [0, 0.1) is 5.92 Å². The fourth-order valence-corrected chi connectivity index (χ4v) is 2.25. The Morgan fingerprint density at radius 1 is 1.10 bits per heavy atom. The van der Waals surface area contributed by atoms with Gasteiger partial charge in [0.25, 0.3) is 0 Å². The molecule has 0 aliphatic rings. The van der Waals surface area contributed by atoms with Gasteiger partial charge in [-0.25, -0.2) is 0 Å². The van der Waals surface area contributed by atoms with Crippen LogP contribution in [-0.4, -0.2) is 10.7 Å². The van der Waals surface area contributed by atoms with Crippen molar-refractivity contribution in [1.29, 1.82) is 0 Å². The molecule has 1 unspecified atom stereocenters. The van der Waals surface area contributed by atoms with Crippen molar-refractivity contribution < 1.29 is 5.11 Å². The maximum Gasteiger partial charge on any atom is 0.0800 e. The minimum atomic E-state index is -0.732. The van der Waals surface area contributed by atoms with Gasteiger partial charge in [-0.1, -0.05) is 49.6 Å². The summed E-state index contributed by atoms with van der Waals surface area (Å²) in [6.45, 7) is 14.5. The minimum absolute atomic E-state index is 0.732. The van der Waals surface area contributed by atoms with Crippen LogP contribution in [0.5, 0.6) is 0 Å². The van der Waals surface area contributed by atoms with Crippen molar-refractivity contribution in [2.75, 3.05) is 0 Å². The van der Waals surface area contributed by atoms with Gasteiger partial charge >= 0.3 is 0 Å². The molecule has 1 atom stereocenters. The van der Waals surface area contributed by atoms with Gasteiger partial charge in [0.15, 0.2) is 0 Å². The number of hydrogen-bond acceptors (Lipinski definition) is 1. The summed E-state index contributed by atoms with van der Waals surface area (Å²) in [6, 6.07) is 0. The SMILES string of the molecule is C=CC(C)(O)CCC=C(C)CCC=C(C)CCCC(C)C. The maximum atomic E-state index is 9.85. The Morgan fingerprint density at radius 3 is 2.24 bits per heavy atom. The highest BCUT2D eigenvalue weighted by Crippen LogP contribution is 2.17. The normalized spacial score (nSPS) is 16.1. The Balaban J connectivity index is 3.91. The summed E-state index contributed by atoms with van der Waals surface area (Å²) in [5.74, 6) is 0.816. The monoisotopic (exact) mass is 292 g/mol. The molecule has 0 amide bonds. The van der Waals surface area contributed by atoms with Crippen LogP contribution in [0.2, 0.25) is 0 Å². The van der Waals surface area contributed by atoms with Crippen molar-refractivity contribution in [1.82, 2.24) is 0 Å². The first-order valence-corrected chi connectivity index (χ1v) is 8.44. The van der Waals surface area contributed by atoms with Crippen molar-refractivity contribution in [3.8, 4) is 0 Å². The molecule has 0 radical (unpaired) electrons. The van der Waals surface area contributed by atoms with E-state index in [1.54, 1.807) is 6.08 Å². The summed E-state index contributed by atoms with van der Waals surface area (Å²) in [7, 11) is 0. The average molecular weight is 293 g/mol. The van der Waals surface area contributed by atoms with E-state index in [1.807, 2.05) is 6.92 Å². The van der Waals surface area contributed by atoms with E-state index in [-0.39, 0.29) is 0 Å². The van der Waals surface area contributed by atoms with Crippen molar-refractivity contribution in [2.24, 2.45) is 5.92 Å². The molecule has 1 nitrogen and oxygen atoms in total. The number of allylic oxidation sites excluding steroid dienone is 4. The van der Waals surface area contributed by atoms with Crippen molar-refractivity contribution in [2.45, 2.75) is 85.2 Å². The molecule has 0 saturated heterocycles. The maximum absolute atomic E-state index is 9.85. The van der Waals surface area contributed by atoms with E-state index in [2.05, 4.69) is 46.4 Å². The molecule has 122 valence electrons. The van der Waals surface area contributed by atoms with Crippen LogP contribution in [0.1, 0.15) is 79.6 Å². The smallest absolute Gasteiger partial charge is 0.0800 e. The molecule has 0 heterocycles. The van der Waals surface area contributed by atoms with E-state index in [1.165, 1.54) is 30.4 Å². The lowest BCUT2D eigenvalue weighted by molar-refractivity contribution is 0.103. The van der Waals surface area contributed by atoms with Gasteiger partial charge in [0.05, 0.1) is 5.60 Å². The molecule has 1 heteroatoms. The Bertz CT molecular complexity index is 345. The topological polar surface area (TPSA) is 20.2 Å². The second-order valence-corrected chi connectivity index (χ2v) is 7.03. The lowest BCUT2D eigenvalue weighted by atomic mass is 9.98. The fraction of sp³-hybridized carbons (Fsp3) is 0.700.